The van der Waals surface area contributed by atoms with Gasteiger partial charge < -0.3 is 15.4 Å². The molecule has 2 heterocycles. The zero-order valence-electron chi connectivity index (χ0n) is 11.1. The second-order valence-electron chi connectivity index (χ2n) is 3.89. The van der Waals surface area contributed by atoms with Crippen molar-refractivity contribution in [3.8, 4) is 5.75 Å². The van der Waals surface area contributed by atoms with E-state index in [0.717, 1.165) is 13.0 Å². The summed E-state index contributed by atoms with van der Waals surface area (Å²) in [6.07, 6.45) is 6.00. The average Bonchev–Trinajstić information content (AvgIpc) is 2.48. The van der Waals surface area contributed by atoms with Crippen LogP contribution in [0.2, 0.25) is 0 Å². The molecule has 0 bridgehead atoms. The Balaban J connectivity index is 2.00. The van der Waals surface area contributed by atoms with Gasteiger partial charge in [-0.25, -0.2) is 9.97 Å². The predicted molar refractivity (Wildman–Crippen MR) is 74.6 cm³/mol. The summed E-state index contributed by atoms with van der Waals surface area (Å²) >= 11 is 0. The van der Waals surface area contributed by atoms with E-state index in [1.54, 1.807) is 20.4 Å². The first-order valence-electron chi connectivity index (χ1n) is 6.04. The summed E-state index contributed by atoms with van der Waals surface area (Å²) in [6.45, 7) is 0.752. The van der Waals surface area contributed by atoms with Crippen LogP contribution >= 0.6 is 0 Å². The van der Waals surface area contributed by atoms with E-state index < -0.39 is 0 Å². The largest absolute Gasteiger partial charge is 0.490 e. The number of rotatable bonds is 6. The average molecular weight is 259 g/mol. The first-order valence-corrected chi connectivity index (χ1v) is 6.04. The van der Waals surface area contributed by atoms with Crippen LogP contribution in [0.5, 0.6) is 5.75 Å². The van der Waals surface area contributed by atoms with Crippen molar-refractivity contribution in [3.05, 3.63) is 36.4 Å². The lowest BCUT2D eigenvalue weighted by molar-refractivity contribution is 0.415. The van der Waals surface area contributed by atoms with Crippen molar-refractivity contribution in [1.82, 2.24) is 15.0 Å². The lowest BCUT2D eigenvalue weighted by Gasteiger charge is -2.12. The van der Waals surface area contributed by atoms with Gasteiger partial charge in [-0.05, 0) is 18.1 Å². The summed E-state index contributed by atoms with van der Waals surface area (Å²) < 4.78 is 5.31. The lowest BCUT2D eigenvalue weighted by atomic mass is 10.2. The Kier molecular flexibility index (Phi) is 4.49. The van der Waals surface area contributed by atoms with Crippen LogP contribution < -0.4 is 15.4 Å². The Morgan fingerprint density at radius 2 is 2.11 bits per heavy atom. The fraction of sp³-hybridized carbons (Fsp3) is 0.308. The summed E-state index contributed by atoms with van der Waals surface area (Å²) in [5.41, 5.74) is 1.18. The van der Waals surface area contributed by atoms with E-state index in [-0.39, 0.29) is 0 Å². The highest BCUT2D eigenvalue weighted by atomic mass is 16.5. The maximum Gasteiger partial charge on any atom is 0.204 e. The fourth-order valence-electron chi connectivity index (χ4n) is 1.74. The predicted octanol–water partition coefficient (Wildman–Crippen LogP) is 1.58. The highest BCUT2D eigenvalue weighted by molar-refractivity contribution is 5.63. The number of nitrogens with one attached hydrogen (secondary N) is 2. The van der Waals surface area contributed by atoms with Gasteiger partial charge in [0.1, 0.15) is 6.33 Å². The normalized spacial score (nSPS) is 10.0. The Hall–Kier alpha value is -2.37. The van der Waals surface area contributed by atoms with Crippen molar-refractivity contribution in [2.45, 2.75) is 6.42 Å². The molecule has 19 heavy (non-hydrogen) atoms. The molecule has 0 radical (unpaired) electrons. The topological polar surface area (TPSA) is 72.0 Å². The summed E-state index contributed by atoms with van der Waals surface area (Å²) in [5.74, 6) is 1.98. The Morgan fingerprint density at radius 1 is 1.26 bits per heavy atom. The molecule has 6 heteroatoms. The smallest absolute Gasteiger partial charge is 0.204 e. The standard InChI is InChI=1S/C13H17N5O/c1-14-12-11(19-2)13(18-9-17-12)16-7-5-10-4-3-6-15-8-10/h3-4,6,8-9H,5,7H2,1-2H3,(H2,14,16,17,18). The van der Waals surface area contributed by atoms with Gasteiger partial charge in [0.05, 0.1) is 7.11 Å². The molecule has 0 saturated carbocycles. The molecule has 100 valence electrons. The van der Waals surface area contributed by atoms with Crippen molar-refractivity contribution in [2.75, 3.05) is 31.3 Å². The maximum atomic E-state index is 5.31. The first kappa shape index (κ1) is 13.1. The Labute approximate surface area is 112 Å². The highest BCUT2D eigenvalue weighted by Gasteiger charge is 2.10. The summed E-state index contributed by atoms with van der Waals surface area (Å²) in [5, 5.41) is 6.21. The second-order valence-corrected chi connectivity index (χ2v) is 3.89. The van der Waals surface area contributed by atoms with Crippen LogP contribution in [0, 0.1) is 0 Å². The number of nitrogens with zero attached hydrogens (tertiary/aromatic N) is 3. The van der Waals surface area contributed by atoms with E-state index in [1.807, 2.05) is 18.3 Å². The maximum absolute atomic E-state index is 5.31. The van der Waals surface area contributed by atoms with Gasteiger partial charge in [-0.3, -0.25) is 4.98 Å². The van der Waals surface area contributed by atoms with Gasteiger partial charge in [0.25, 0.3) is 0 Å². The van der Waals surface area contributed by atoms with Gasteiger partial charge in [0, 0.05) is 26.0 Å². The molecular formula is C13H17N5O. The Bertz CT molecular complexity index is 518. The number of ether oxygens (including phenoxy) is 1. The number of pyridine rings is 1. The molecule has 0 aliphatic rings. The van der Waals surface area contributed by atoms with Crippen molar-refractivity contribution in [3.63, 3.8) is 0 Å². The number of methoxy groups -OCH3 is 1. The van der Waals surface area contributed by atoms with Gasteiger partial charge >= 0.3 is 0 Å². The lowest BCUT2D eigenvalue weighted by Crippen LogP contribution is -2.09. The van der Waals surface area contributed by atoms with E-state index in [1.165, 1.54) is 11.9 Å². The first-order chi connectivity index (χ1) is 9.35. The molecule has 0 saturated heterocycles. The van der Waals surface area contributed by atoms with E-state index in [9.17, 15) is 0 Å². The molecule has 0 fully saturated rings. The molecule has 0 aromatic carbocycles. The van der Waals surface area contributed by atoms with Crippen molar-refractivity contribution in [1.29, 1.82) is 0 Å². The van der Waals surface area contributed by atoms with Crippen LogP contribution in [0.3, 0.4) is 0 Å². The number of anilines is 2. The third-order valence-electron chi connectivity index (χ3n) is 2.67. The quantitative estimate of drug-likeness (QED) is 0.820. The monoisotopic (exact) mass is 259 g/mol. The van der Waals surface area contributed by atoms with Gasteiger partial charge in [-0.15, -0.1) is 0 Å². The zero-order valence-corrected chi connectivity index (χ0v) is 11.1. The van der Waals surface area contributed by atoms with E-state index >= 15 is 0 Å². The number of hydrogen-bond acceptors (Lipinski definition) is 6. The molecule has 0 aliphatic carbocycles. The van der Waals surface area contributed by atoms with Gasteiger partial charge in [0.15, 0.2) is 11.6 Å². The summed E-state index contributed by atoms with van der Waals surface area (Å²) in [7, 11) is 3.40. The van der Waals surface area contributed by atoms with E-state index in [4.69, 9.17) is 4.74 Å². The molecule has 2 rings (SSSR count). The molecular weight excluding hydrogens is 242 g/mol. The minimum Gasteiger partial charge on any atom is -0.490 e. The van der Waals surface area contributed by atoms with Crippen molar-refractivity contribution < 1.29 is 4.74 Å². The SMILES string of the molecule is CNc1ncnc(NCCc2cccnc2)c1OC. The summed E-state index contributed by atoms with van der Waals surface area (Å²) in [4.78, 5) is 12.4. The van der Waals surface area contributed by atoms with Crippen LogP contribution in [0.1, 0.15) is 5.56 Å². The third kappa shape index (κ3) is 3.31. The van der Waals surface area contributed by atoms with E-state index in [0.29, 0.717) is 17.4 Å². The van der Waals surface area contributed by atoms with Crippen molar-refractivity contribution in [2.24, 2.45) is 0 Å². The molecule has 2 aromatic heterocycles. The zero-order chi connectivity index (χ0) is 13.5. The van der Waals surface area contributed by atoms with Crippen LogP contribution in [0.15, 0.2) is 30.9 Å². The van der Waals surface area contributed by atoms with Crippen LogP contribution in [0.25, 0.3) is 0 Å². The number of hydrogen-bond donors (Lipinski definition) is 2. The van der Waals surface area contributed by atoms with E-state index in [2.05, 4.69) is 25.6 Å². The molecule has 0 unspecified atom stereocenters. The minimum absolute atomic E-state index is 0.621. The van der Waals surface area contributed by atoms with Crippen LogP contribution in [-0.2, 0) is 6.42 Å². The summed E-state index contributed by atoms with van der Waals surface area (Å²) in [6, 6.07) is 3.98. The Morgan fingerprint density at radius 3 is 2.79 bits per heavy atom. The fourth-order valence-corrected chi connectivity index (χ4v) is 1.74. The molecule has 0 aliphatic heterocycles. The van der Waals surface area contributed by atoms with Gasteiger partial charge in [-0.1, -0.05) is 6.07 Å². The molecule has 2 aromatic rings. The molecule has 0 spiro atoms. The second kappa shape index (κ2) is 6.53. The molecule has 0 amide bonds. The third-order valence-corrected chi connectivity index (χ3v) is 2.67. The van der Waals surface area contributed by atoms with Gasteiger partial charge in [-0.2, -0.15) is 0 Å². The molecule has 6 nitrogen and oxygen atoms in total. The van der Waals surface area contributed by atoms with Gasteiger partial charge in [0.2, 0.25) is 5.75 Å². The van der Waals surface area contributed by atoms with Crippen LogP contribution in [-0.4, -0.2) is 35.7 Å². The van der Waals surface area contributed by atoms with Crippen LogP contribution in [0.4, 0.5) is 11.6 Å². The molecule has 2 N–H and O–H groups in total. The number of aromatic nitrogens is 3. The highest BCUT2D eigenvalue weighted by Crippen LogP contribution is 2.28. The van der Waals surface area contributed by atoms with Crippen molar-refractivity contribution >= 4 is 11.6 Å². The minimum atomic E-state index is 0.621. The molecule has 0 atom stereocenters.